The predicted octanol–water partition coefficient (Wildman–Crippen LogP) is 1.54. The number of hydrogen-bond acceptors (Lipinski definition) is 4. The summed E-state index contributed by atoms with van der Waals surface area (Å²) in [6.45, 7) is 7.58. The van der Waals surface area contributed by atoms with Gasteiger partial charge in [-0.25, -0.2) is 14.5 Å². The van der Waals surface area contributed by atoms with Crippen molar-refractivity contribution < 1.29 is 9.90 Å². The third-order valence-corrected chi connectivity index (χ3v) is 4.16. The van der Waals surface area contributed by atoms with E-state index < -0.39 is 5.60 Å². The van der Waals surface area contributed by atoms with Gasteiger partial charge in [0.05, 0.1) is 18.7 Å². The van der Waals surface area contributed by atoms with Crippen molar-refractivity contribution in [3.05, 3.63) is 47.0 Å². The molecule has 2 heterocycles. The molecule has 7 nitrogen and oxygen atoms in total. The van der Waals surface area contributed by atoms with Gasteiger partial charge in [0.1, 0.15) is 11.6 Å². The van der Waals surface area contributed by atoms with Crippen LogP contribution >= 0.6 is 0 Å². The Balaban J connectivity index is 1.56. The molecule has 0 bridgehead atoms. The maximum atomic E-state index is 12.3. The van der Waals surface area contributed by atoms with Gasteiger partial charge < -0.3 is 15.3 Å². The fraction of sp³-hybridized carbons (Fsp3) is 0.471. The lowest BCUT2D eigenvalue weighted by atomic mass is 9.97. The van der Waals surface area contributed by atoms with E-state index in [0.717, 1.165) is 22.8 Å². The van der Waals surface area contributed by atoms with Crippen LogP contribution in [0.5, 0.6) is 0 Å². The van der Waals surface area contributed by atoms with Crippen molar-refractivity contribution in [3.63, 3.8) is 0 Å². The van der Waals surface area contributed by atoms with Gasteiger partial charge in [0.25, 0.3) is 0 Å². The number of fused-ring (bicyclic) bond motifs is 1. The largest absolute Gasteiger partial charge is 0.386 e. The molecule has 24 heavy (non-hydrogen) atoms. The van der Waals surface area contributed by atoms with Gasteiger partial charge in [-0.15, -0.1) is 0 Å². The van der Waals surface area contributed by atoms with Crippen molar-refractivity contribution in [2.75, 3.05) is 6.54 Å². The number of nitrogens with one attached hydrogen (secondary N) is 1. The zero-order chi connectivity index (χ0) is 17.3. The van der Waals surface area contributed by atoms with Crippen LogP contribution < -0.4 is 5.32 Å². The number of rotatable bonds is 3. The second-order valence-electron chi connectivity index (χ2n) is 6.63. The van der Waals surface area contributed by atoms with Gasteiger partial charge in [-0.2, -0.15) is 5.10 Å². The van der Waals surface area contributed by atoms with E-state index in [1.807, 2.05) is 35.9 Å². The molecule has 0 spiro atoms. The molecule has 0 atom stereocenters. The molecule has 7 heteroatoms. The van der Waals surface area contributed by atoms with Gasteiger partial charge in [-0.05, 0) is 31.9 Å². The molecule has 0 aliphatic carbocycles. The van der Waals surface area contributed by atoms with E-state index in [2.05, 4.69) is 15.4 Å². The lowest BCUT2D eigenvalue weighted by Crippen LogP contribution is -2.44. The van der Waals surface area contributed by atoms with E-state index >= 15 is 0 Å². The van der Waals surface area contributed by atoms with E-state index in [-0.39, 0.29) is 6.03 Å². The number of benzene rings is 1. The SMILES string of the molecule is Cc1nc2n(n1)CCN(C(=O)NCc1ccc(C(C)(C)O)cc1)C2. The maximum Gasteiger partial charge on any atom is 0.318 e. The molecular weight excluding hydrogens is 306 g/mol. The number of urea groups is 1. The van der Waals surface area contributed by atoms with Crippen LogP contribution in [0.4, 0.5) is 4.79 Å². The molecule has 0 saturated carbocycles. The molecule has 0 saturated heterocycles. The smallest absolute Gasteiger partial charge is 0.318 e. The number of nitrogens with zero attached hydrogens (tertiary/aromatic N) is 4. The lowest BCUT2D eigenvalue weighted by Gasteiger charge is -2.27. The molecule has 1 aromatic carbocycles. The first-order valence-corrected chi connectivity index (χ1v) is 8.08. The van der Waals surface area contributed by atoms with E-state index in [1.54, 1.807) is 18.7 Å². The number of aliphatic hydroxyl groups is 1. The average Bonchev–Trinajstić information content (AvgIpc) is 2.91. The molecule has 3 rings (SSSR count). The standard InChI is InChI=1S/C17H23N5O2/c1-12-19-15-11-21(8-9-22(15)20-12)16(23)18-10-13-4-6-14(7-5-13)17(2,3)24/h4-7,24H,8-11H2,1-3H3,(H,18,23). The quantitative estimate of drug-likeness (QED) is 0.895. The highest BCUT2D eigenvalue weighted by Crippen LogP contribution is 2.19. The van der Waals surface area contributed by atoms with Gasteiger partial charge >= 0.3 is 6.03 Å². The Hall–Kier alpha value is -2.41. The third kappa shape index (κ3) is 3.56. The summed E-state index contributed by atoms with van der Waals surface area (Å²) in [5.41, 5.74) is 0.986. The topological polar surface area (TPSA) is 83.3 Å². The molecule has 1 aliphatic rings. The zero-order valence-corrected chi connectivity index (χ0v) is 14.3. The van der Waals surface area contributed by atoms with Gasteiger partial charge in [-0.1, -0.05) is 24.3 Å². The minimum absolute atomic E-state index is 0.103. The second-order valence-corrected chi connectivity index (χ2v) is 6.63. The Labute approximate surface area is 141 Å². The first kappa shape index (κ1) is 16.4. The van der Waals surface area contributed by atoms with E-state index in [9.17, 15) is 9.90 Å². The summed E-state index contributed by atoms with van der Waals surface area (Å²) in [7, 11) is 0. The molecular formula is C17H23N5O2. The minimum atomic E-state index is -0.857. The molecule has 2 aromatic rings. The summed E-state index contributed by atoms with van der Waals surface area (Å²) >= 11 is 0. The van der Waals surface area contributed by atoms with Crippen LogP contribution in [0, 0.1) is 6.92 Å². The van der Waals surface area contributed by atoms with Crippen molar-refractivity contribution in [1.29, 1.82) is 0 Å². The second kappa shape index (κ2) is 6.24. The van der Waals surface area contributed by atoms with Crippen LogP contribution in [0.1, 0.15) is 36.6 Å². The van der Waals surface area contributed by atoms with E-state index in [1.165, 1.54) is 0 Å². The van der Waals surface area contributed by atoms with Crippen molar-refractivity contribution in [2.45, 2.75) is 46.0 Å². The van der Waals surface area contributed by atoms with Gasteiger partial charge in [-0.3, -0.25) is 0 Å². The Morgan fingerprint density at radius 1 is 1.29 bits per heavy atom. The molecule has 0 unspecified atom stereocenters. The highest BCUT2D eigenvalue weighted by atomic mass is 16.3. The number of aryl methyl sites for hydroxylation is 1. The van der Waals surface area contributed by atoms with Gasteiger partial charge in [0, 0.05) is 13.1 Å². The van der Waals surface area contributed by atoms with E-state index in [0.29, 0.717) is 26.2 Å². The summed E-state index contributed by atoms with van der Waals surface area (Å²) in [6.07, 6.45) is 0. The van der Waals surface area contributed by atoms with Crippen molar-refractivity contribution >= 4 is 6.03 Å². The Kier molecular flexibility index (Phi) is 4.28. The molecule has 0 radical (unpaired) electrons. The number of aromatic nitrogens is 3. The van der Waals surface area contributed by atoms with Gasteiger partial charge in [0.15, 0.2) is 0 Å². The fourth-order valence-corrected chi connectivity index (χ4v) is 2.75. The summed E-state index contributed by atoms with van der Waals surface area (Å²) in [5, 5.41) is 17.2. The average molecular weight is 329 g/mol. The van der Waals surface area contributed by atoms with Crippen LogP contribution in [-0.2, 0) is 25.2 Å². The van der Waals surface area contributed by atoms with Crippen LogP contribution in [0.15, 0.2) is 24.3 Å². The first-order valence-electron chi connectivity index (χ1n) is 8.08. The van der Waals surface area contributed by atoms with Crippen LogP contribution in [0.2, 0.25) is 0 Å². The summed E-state index contributed by atoms with van der Waals surface area (Å²) in [5.74, 6) is 1.56. The Morgan fingerprint density at radius 2 is 2.00 bits per heavy atom. The summed E-state index contributed by atoms with van der Waals surface area (Å²) in [6, 6.07) is 7.50. The number of carbonyl (C=O) groups excluding carboxylic acids is 1. The highest BCUT2D eigenvalue weighted by molar-refractivity contribution is 5.74. The Bertz CT molecular complexity index is 730. The van der Waals surface area contributed by atoms with Crippen LogP contribution in [0.3, 0.4) is 0 Å². The molecule has 1 aromatic heterocycles. The zero-order valence-electron chi connectivity index (χ0n) is 14.3. The molecule has 2 N–H and O–H groups in total. The molecule has 1 aliphatic heterocycles. The lowest BCUT2D eigenvalue weighted by molar-refractivity contribution is 0.0786. The normalized spacial score (nSPS) is 14.4. The molecule has 0 fully saturated rings. The Morgan fingerprint density at radius 3 is 2.67 bits per heavy atom. The van der Waals surface area contributed by atoms with E-state index in [4.69, 9.17) is 0 Å². The van der Waals surface area contributed by atoms with Crippen molar-refractivity contribution in [2.24, 2.45) is 0 Å². The van der Waals surface area contributed by atoms with Gasteiger partial charge in [0.2, 0.25) is 0 Å². The fourth-order valence-electron chi connectivity index (χ4n) is 2.75. The van der Waals surface area contributed by atoms with Crippen LogP contribution in [0.25, 0.3) is 0 Å². The number of hydrogen-bond donors (Lipinski definition) is 2. The number of amides is 2. The van der Waals surface area contributed by atoms with Crippen LogP contribution in [-0.4, -0.2) is 37.3 Å². The summed E-state index contributed by atoms with van der Waals surface area (Å²) in [4.78, 5) is 18.4. The highest BCUT2D eigenvalue weighted by Gasteiger charge is 2.22. The predicted molar refractivity (Wildman–Crippen MR) is 89.1 cm³/mol. The maximum absolute atomic E-state index is 12.3. The third-order valence-electron chi connectivity index (χ3n) is 4.16. The monoisotopic (exact) mass is 329 g/mol. The van der Waals surface area contributed by atoms with Crippen molar-refractivity contribution in [1.82, 2.24) is 25.0 Å². The summed E-state index contributed by atoms with van der Waals surface area (Å²) < 4.78 is 1.86. The minimum Gasteiger partial charge on any atom is -0.386 e. The molecule has 128 valence electrons. The first-order chi connectivity index (χ1) is 11.3. The number of carbonyl (C=O) groups is 1. The van der Waals surface area contributed by atoms with Crippen molar-refractivity contribution in [3.8, 4) is 0 Å². The molecule has 2 amide bonds.